The summed E-state index contributed by atoms with van der Waals surface area (Å²) in [5.74, 6) is -0.309. The molecule has 0 bridgehead atoms. The summed E-state index contributed by atoms with van der Waals surface area (Å²) in [7, 11) is -4.00. The predicted octanol–water partition coefficient (Wildman–Crippen LogP) is 7.36. The van der Waals surface area contributed by atoms with Crippen molar-refractivity contribution in [2.24, 2.45) is 0 Å². The van der Waals surface area contributed by atoms with Crippen molar-refractivity contribution in [1.29, 1.82) is 0 Å². The molecule has 0 unspecified atom stereocenters. The summed E-state index contributed by atoms with van der Waals surface area (Å²) in [5.41, 5.74) is 6.84. The van der Waals surface area contributed by atoms with Gasteiger partial charge in [0, 0.05) is 58.1 Å². The fraction of sp³-hybridized carbons (Fsp3) is 0.343. The van der Waals surface area contributed by atoms with E-state index in [-0.39, 0.29) is 25.0 Å². The first kappa shape index (κ1) is 34.7. The van der Waals surface area contributed by atoms with Gasteiger partial charge in [-0.25, -0.2) is 4.79 Å². The van der Waals surface area contributed by atoms with Crippen molar-refractivity contribution in [3.05, 3.63) is 99.8 Å². The molecule has 1 N–H and O–H groups in total. The molecule has 47 heavy (non-hydrogen) atoms. The highest BCUT2D eigenvalue weighted by atomic mass is 32.2. The molecular weight excluding hydrogens is 657 g/mol. The van der Waals surface area contributed by atoms with Gasteiger partial charge in [-0.2, -0.15) is 8.42 Å². The Kier molecular flexibility index (Phi) is 12.2. The van der Waals surface area contributed by atoms with Gasteiger partial charge in [0.05, 0.1) is 5.75 Å². The number of fused-ring (bicyclic) bond motifs is 2. The zero-order valence-electron chi connectivity index (χ0n) is 26.0. The van der Waals surface area contributed by atoms with Crippen LogP contribution in [0.15, 0.2) is 83.1 Å². The minimum Gasteiger partial charge on any atom is -0.336 e. The Morgan fingerprint density at radius 2 is 1.30 bits per heavy atom. The van der Waals surface area contributed by atoms with Crippen molar-refractivity contribution < 1.29 is 32.2 Å². The lowest BCUT2D eigenvalue weighted by molar-refractivity contribution is -0.197. The molecule has 0 saturated carbocycles. The quantitative estimate of drug-likeness (QED) is 0.0925. The van der Waals surface area contributed by atoms with Crippen LogP contribution < -0.4 is 4.90 Å². The molecule has 2 aliphatic rings. The number of nitrogens with zero attached hydrogens (tertiary/aromatic N) is 2. The van der Waals surface area contributed by atoms with Crippen LogP contribution >= 0.6 is 23.5 Å². The van der Waals surface area contributed by atoms with Crippen molar-refractivity contribution >= 4 is 68.4 Å². The second-order valence-corrected chi connectivity index (χ2v) is 15.4. The largest absolute Gasteiger partial charge is 0.336 e. The summed E-state index contributed by atoms with van der Waals surface area (Å²) in [6.07, 6.45) is 3.45. The van der Waals surface area contributed by atoms with Crippen LogP contribution in [0.2, 0.25) is 0 Å². The predicted molar refractivity (Wildman–Crippen MR) is 187 cm³/mol. The standard InChI is InChI=1S/C35H38N2O7S3/c38-31-20-21-32(39)37(31)44-33(40)19-5-2-10-22-45-35(46-23-11-12-24-47(41,42)43)34-27-15-6-8-17-29(27)36(25-26-13-3-1-4-14-26)30-18-9-7-16-28(30)34/h1,3-4,6-9,13-18H,2,5,10-12,19-25H2,(H,41,42,43). The van der Waals surface area contributed by atoms with E-state index < -0.39 is 27.9 Å². The van der Waals surface area contributed by atoms with E-state index in [2.05, 4.69) is 65.6 Å². The minimum atomic E-state index is -4.00. The third-order valence-electron chi connectivity index (χ3n) is 7.80. The number of unbranched alkanes of at least 4 members (excludes halogenated alkanes) is 3. The smallest absolute Gasteiger partial charge is 0.333 e. The molecule has 1 saturated heterocycles. The molecule has 9 nitrogen and oxygen atoms in total. The van der Waals surface area contributed by atoms with Crippen LogP contribution in [-0.4, -0.2) is 53.1 Å². The van der Waals surface area contributed by atoms with Crippen molar-refractivity contribution in [2.45, 2.75) is 57.9 Å². The Hall–Kier alpha value is -3.58. The molecule has 2 aliphatic heterocycles. The van der Waals surface area contributed by atoms with Gasteiger partial charge < -0.3 is 9.74 Å². The van der Waals surface area contributed by atoms with E-state index in [9.17, 15) is 27.4 Å². The van der Waals surface area contributed by atoms with Crippen LogP contribution in [-0.2, 0) is 35.9 Å². The molecule has 0 aliphatic carbocycles. The van der Waals surface area contributed by atoms with Gasteiger partial charge in [-0.3, -0.25) is 14.1 Å². The summed E-state index contributed by atoms with van der Waals surface area (Å²) in [6.45, 7) is 0.718. The van der Waals surface area contributed by atoms with Gasteiger partial charge in [-0.15, -0.1) is 28.6 Å². The van der Waals surface area contributed by atoms with E-state index in [4.69, 9.17) is 4.84 Å². The summed E-state index contributed by atoms with van der Waals surface area (Å²) < 4.78 is 32.9. The number of hydrogen-bond donors (Lipinski definition) is 1. The average Bonchev–Trinajstić information content (AvgIpc) is 3.37. The maximum absolute atomic E-state index is 12.2. The van der Waals surface area contributed by atoms with Crippen molar-refractivity contribution in [3.8, 4) is 0 Å². The monoisotopic (exact) mass is 694 g/mol. The Balaban J connectivity index is 1.32. The number of para-hydroxylation sites is 2. The highest BCUT2D eigenvalue weighted by Crippen LogP contribution is 2.50. The summed E-state index contributed by atoms with van der Waals surface area (Å²) in [6, 6.07) is 27.2. The highest BCUT2D eigenvalue weighted by Gasteiger charge is 2.33. The van der Waals surface area contributed by atoms with Crippen LogP contribution in [0, 0.1) is 0 Å². The molecule has 0 spiro atoms. The molecular formula is C35H38N2O7S3. The summed E-state index contributed by atoms with van der Waals surface area (Å²) >= 11 is 3.45. The molecule has 2 amide bonds. The highest BCUT2D eigenvalue weighted by molar-refractivity contribution is 8.22. The fourth-order valence-electron chi connectivity index (χ4n) is 5.53. The number of carbonyl (C=O) groups excluding carboxylic acids is 3. The van der Waals surface area contributed by atoms with Crippen LogP contribution in [0.3, 0.4) is 0 Å². The van der Waals surface area contributed by atoms with Crippen molar-refractivity contribution in [2.75, 3.05) is 22.2 Å². The molecule has 2 heterocycles. The second-order valence-electron chi connectivity index (χ2n) is 11.3. The average molecular weight is 695 g/mol. The number of anilines is 2. The topological polar surface area (TPSA) is 121 Å². The normalized spacial score (nSPS) is 14.3. The van der Waals surface area contributed by atoms with Crippen LogP contribution in [0.25, 0.3) is 5.57 Å². The number of benzene rings is 3. The molecule has 1 fully saturated rings. The Labute approximate surface area is 284 Å². The van der Waals surface area contributed by atoms with E-state index >= 15 is 0 Å². The van der Waals surface area contributed by atoms with Crippen molar-refractivity contribution in [3.63, 3.8) is 0 Å². The van der Waals surface area contributed by atoms with Crippen LogP contribution in [0.4, 0.5) is 11.4 Å². The first-order valence-electron chi connectivity index (χ1n) is 15.7. The third kappa shape index (κ3) is 9.50. The van der Waals surface area contributed by atoms with E-state index in [1.165, 1.54) is 5.56 Å². The number of thioether (sulfide) groups is 2. The first-order chi connectivity index (χ1) is 22.7. The molecule has 5 rings (SSSR count). The van der Waals surface area contributed by atoms with Gasteiger partial charge in [-0.1, -0.05) is 73.2 Å². The SMILES string of the molecule is O=C(CCCCCSC(SCCCCS(=O)(=O)O)=C1c2ccccc2N(Cc2ccccc2)c2ccccc21)ON1C(=O)CCC1=O. The molecule has 3 aromatic carbocycles. The number of rotatable bonds is 16. The second kappa shape index (κ2) is 16.5. The van der Waals surface area contributed by atoms with Crippen LogP contribution in [0.5, 0.6) is 0 Å². The fourth-order valence-corrected chi connectivity index (χ4v) is 8.73. The van der Waals surface area contributed by atoms with E-state index in [0.29, 0.717) is 30.1 Å². The Morgan fingerprint density at radius 3 is 1.89 bits per heavy atom. The molecule has 3 aromatic rings. The van der Waals surface area contributed by atoms with Gasteiger partial charge in [0.15, 0.2) is 0 Å². The number of hydroxylamine groups is 2. The van der Waals surface area contributed by atoms with Gasteiger partial charge in [-0.05, 0) is 54.9 Å². The molecule has 248 valence electrons. The first-order valence-corrected chi connectivity index (χ1v) is 19.3. The summed E-state index contributed by atoms with van der Waals surface area (Å²) in [5, 5.41) is 0.588. The van der Waals surface area contributed by atoms with E-state index in [1.54, 1.807) is 23.5 Å². The number of carbonyl (C=O) groups is 3. The lowest BCUT2D eigenvalue weighted by Gasteiger charge is -2.35. The van der Waals surface area contributed by atoms with Gasteiger partial charge in [0.2, 0.25) is 0 Å². The zero-order valence-corrected chi connectivity index (χ0v) is 28.5. The minimum absolute atomic E-state index is 0.0692. The van der Waals surface area contributed by atoms with Crippen molar-refractivity contribution in [1.82, 2.24) is 5.06 Å². The molecule has 0 atom stereocenters. The number of imide groups is 1. The Morgan fingerprint density at radius 1 is 0.745 bits per heavy atom. The van der Waals surface area contributed by atoms with E-state index in [1.807, 2.05) is 18.2 Å². The zero-order chi connectivity index (χ0) is 33.2. The van der Waals surface area contributed by atoms with Gasteiger partial charge >= 0.3 is 5.97 Å². The molecule has 12 heteroatoms. The lowest BCUT2D eigenvalue weighted by atomic mass is 9.91. The third-order valence-corrected chi connectivity index (χ3v) is 11.2. The molecule has 0 aromatic heterocycles. The Bertz CT molecular complexity index is 1660. The van der Waals surface area contributed by atoms with Gasteiger partial charge in [0.1, 0.15) is 0 Å². The number of hydrogen-bond acceptors (Lipinski definition) is 9. The molecule has 0 radical (unpaired) electrons. The van der Waals surface area contributed by atoms with E-state index in [0.717, 1.165) is 57.5 Å². The van der Waals surface area contributed by atoms with Gasteiger partial charge in [0.25, 0.3) is 21.9 Å². The maximum Gasteiger partial charge on any atom is 0.333 e. The summed E-state index contributed by atoms with van der Waals surface area (Å²) in [4.78, 5) is 43.0. The maximum atomic E-state index is 12.2. The number of amides is 2. The van der Waals surface area contributed by atoms with Crippen LogP contribution in [0.1, 0.15) is 68.1 Å². The lowest BCUT2D eigenvalue weighted by Crippen LogP contribution is -2.31.